The zero-order chi connectivity index (χ0) is 17.6. The van der Waals surface area contributed by atoms with Gasteiger partial charge in [0.2, 0.25) is 0 Å². The maximum absolute atomic E-state index is 12.4. The van der Waals surface area contributed by atoms with E-state index in [9.17, 15) is 4.79 Å². The highest BCUT2D eigenvalue weighted by molar-refractivity contribution is 7.07. The average Bonchev–Trinajstić information content (AvgIpc) is 3.14. The fraction of sp³-hybridized carbons (Fsp3) is 0.111. The Morgan fingerprint density at radius 2 is 2.16 bits per heavy atom. The molecule has 25 heavy (non-hydrogen) atoms. The van der Waals surface area contributed by atoms with Gasteiger partial charge in [0.05, 0.1) is 23.3 Å². The summed E-state index contributed by atoms with van der Waals surface area (Å²) in [6.07, 6.45) is 0. The molecular weight excluding hydrogens is 360 g/mol. The summed E-state index contributed by atoms with van der Waals surface area (Å²) in [6.45, 7) is 0.364. The third-order valence-electron chi connectivity index (χ3n) is 3.38. The molecule has 0 radical (unpaired) electrons. The number of amides is 1. The largest absolute Gasteiger partial charge is 0.495 e. The molecule has 1 heterocycles. The number of carbonyl (C=O) groups is 1. The second-order valence-electron chi connectivity index (χ2n) is 5.10. The van der Waals surface area contributed by atoms with Crippen LogP contribution in [0.3, 0.4) is 0 Å². The van der Waals surface area contributed by atoms with Crippen LogP contribution >= 0.6 is 22.9 Å². The third-order valence-corrected chi connectivity index (χ3v) is 4.31. The van der Waals surface area contributed by atoms with Crippen molar-refractivity contribution in [3.05, 3.63) is 69.6 Å². The minimum atomic E-state index is -0.250. The summed E-state index contributed by atoms with van der Waals surface area (Å²) in [5.74, 6) is 0.908. The number of rotatable bonds is 6. The SMILES string of the molecule is COc1ccc(NC(=O)c2cccc(OCc3cscn3)c2)cc1Cl. The number of nitrogens with one attached hydrogen (secondary N) is 1. The van der Waals surface area contributed by atoms with E-state index in [1.54, 1.807) is 48.0 Å². The van der Waals surface area contributed by atoms with Gasteiger partial charge < -0.3 is 14.8 Å². The van der Waals surface area contributed by atoms with Gasteiger partial charge in [-0.25, -0.2) is 4.98 Å². The lowest BCUT2D eigenvalue weighted by Crippen LogP contribution is -2.12. The number of methoxy groups -OCH3 is 1. The van der Waals surface area contributed by atoms with Gasteiger partial charge in [-0.15, -0.1) is 11.3 Å². The van der Waals surface area contributed by atoms with Gasteiger partial charge in [-0.2, -0.15) is 0 Å². The van der Waals surface area contributed by atoms with Crippen LogP contribution in [-0.4, -0.2) is 18.0 Å². The van der Waals surface area contributed by atoms with E-state index in [1.165, 1.54) is 18.4 Å². The van der Waals surface area contributed by atoms with Gasteiger partial charge in [0.15, 0.2) is 0 Å². The van der Waals surface area contributed by atoms with Crippen LogP contribution < -0.4 is 14.8 Å². The molecule has 0 fully saturated rings. The summed E-state index contributed by atoms with van der Waals surface area (Å²) in [4.78, 5) is 16.6. The van der Waals surface area contributed by atoms with Crippen molar-refractivity contribution < 1.29 is 14.3 Å². The van der Waals surface area contributed by atoms with Crippen LogP contribution in [0.1, 0.15) is 16.1 Å². The number of hydrogen-bond donors (Lipinski definition) is 1. The van der Waals surface area contributed by atoms with Crippen LogP contribution in [-0.2, 0) is 6.61 Å². The molecule has 0 unspecified atom stereocenters. The molecule has 128 valence electrons. The standard InChI is InChI=1S/C18H15ClN2O3S/c1-23-17-6-5-13(8-16(17)19)21-18(22)12-3-2-4-15(7-12)24-9-14-10-25-11-20-14/h2-8,10-11H,9H2,1H3,(H,21,22). The van der Waals surface area contributed by atoms with Crippen molar-refractivity contribution in [2.45, 2.75) is 6.61 Å². The molecule has 2 aromatic carbocycles. The Hall–Kier alpha value is -2.57. The van der Waals surface area contributed by atoms with E-state index in [0.717, 1.165) is 5.69 Å². The van der Waals surface area contributed by atoms with Gasteiger partial charge in [0, 0.05) is 16.6 Å². The zero-order valence-corrected chi connectivity index (χ0v) is 14.9. The number of anilines is 1. The molecule has 0 spiro atoms. The minimum Gasteiger partial charge on any atom is -0.495 e. The number of thiazole rings is 1. The van der Waals surface area contributed by atoms with E-state index in [0.29, 0.717) is 34.4 Å². The second kappa shape index (κ2) is 8.00. The molecular formula is C18H15ClN2O3S. The molecule has 3 rings (SSSR count). The van der Waals surface area contributed by atoms with Crippen LogP contribution in [0, 0.1) is 0 Å². The van der Waals surface area contributed by atoms with Gasteiger partial charge in [-0.1, -0.05) is 17.7 Å². The molecule has 0 bridgehead atoms. The lowest BCUT2D eigenvalue weighted by molar-refractivity contribution is 0.102. The van der Waals surface area contributed by atoms with E-state index in [-0.39, 0.29) is 5.91 Å². The summed E-state index contributed by atoms with van der Waals surface area (Å²) in [5, 5.41) is 5.15. The van der Waals surface area contributed by atoms with Gasteiger partial charge in [-0.05, 0) is 36.4 Å². The molecule has 5 nitrogen and oxygen atoms in total. The van der Waals surface area contributed by atoms with Crippen molar-refractivity contribution in [1.29, 1.82) is 0 Å². The van der Waals surface area contributed by atoms with Gasteiger partial charge in [0.1, 0.15) is 18.1 Å². The average molecular weight is 375 g/mol. The first-order valence-electron chi connectivity index (χ1n) is 7.40. The molecule has 1 aromatic heterocycles. The van der Waals surface area contributed by atoms with Crippen molar-refractivity contribution in [3.63, 3.8) is 0 Å². The molecule has 0 aliphatic rings. The molecule has 0 saturated carbocycles. The van der Waals surface area contributed by atoms with E-state index in [2.05, 4.69) is 10.3 Å². The number of aromatic nitrogens is 1. The number of halogens is 1. The molecule has 0 saturated heterocycles. The van der Waals surface area contributed by atoms with E-state index in [4.69, 9.17) is 21.1 Å². The maximum Gasteiger partial charge on any atom is 0.255 e. The number of carbonyl (C=O) groups excluding carboxylic acids is 1. The lowest BCUT2D eigenvalue weighted by atomic mass is 10.2. The van der Waals surface area contributed by atoms with Crippen molar-refractivity contribution in [2.75, 3.05) is 12.4 Å². The Morgan fingerprint density at radius 3 is 2.88 bits per heavy atom. The lowest BCUT2D eigenvalue weighted by Gasteiger charge is -2.09. The number of nitrogens with zero attached hydrogens (tertiary/aromatic N) is 1. The van der Waals surface area contributed by atoms with Crippen molar-refractivity contribution in [1.82, 2.24) is 4.98 Å². The first kappa shape index (κ1) is 17.3. The van der Waals surface area contributed by atoms with Gasteiger partial charge >= 0.3 is 0 Å². The Bertz CT molecular complexity index is 869. The Kier molecular flexibility index (Phi) is 5.53. The smallest absolute Gasteiger partial charge is 0.255 e. The normalized spacial score (nSPS) is 10.3. The van der Waals surface area contributed by atoms with Crippen molar-refractivity contribution >= 4 is 34.5 Å². The monoisotopic (exact) mass is 374 g/mol. The van der Waals surface area contributed by atoms with E-state index >= 15 is 0 Å². The fourth-order valence-corrected chi connectivity index (χ4v) is 2.94. The zero-order valence-electron chi connectivity index (χ0n) is 13.4. The molecule has 0 atom stereocenters. The highest BCUT2D eigenvalue weighted by Crippen LogP contribution is 2.27. The first-order chi connectivity index (χ1) is 12.2. The predicted molar refractivity (Wildman–Crippen MR) is 98.8 cm³/mol. The molecule has 1 N–H and O–H groups in total. The van der Waals surface area contributed by atoms with Crippen LogP contribution in [0.2, 0.25) is 5.02 Å². The molecule has 0 aliphatic heterocycles. The van der Waals surface area contributed by atoms with E-state index in [1.807, 2.05) is 5.38 Å². The van der Waals surface area contributed by atoms with Crippen LogP contribution in [0.25, 0.3) is 0 Å². The number of ether oxygens (including phenoxy) is 2. The molecule has 0 aliphatic carbocycles. The second-order valence-corrected chi connectivity index (χ2v) is 6.23. The molecule has 1 amide bonds. The summed E-state index contributed by atoms with van der Waals surface area (Å²) in [5.41, 5.74) is 3.68. The van der Waals surface area contributed by atoms with Gasteiger partial charge in [0.25, 0.3) is 5.91 Å². The Labute approximate surface area is 154 Å². The first-order valence-corrected chi connectivity index (χ1v) is 8.72. The number of benzene rings is 2. The summed E-state index contributed by atoms with van der Waals surface area (Å²) < 4.78 is 10.8. The van der Waals surface area contributed by atoms with Crippen LogP contribution in [0.5, 0.6) is 11.5 Å². The highest BCUT2D eigenvalue weighted by Gasteiger charge is 2.09. The summed E-state index contributed by atoms with van der Waals surface area (Å²) >= 11 is 7.59. The summed E-state index contributed by atoms with van der Waals surface area (Å²) in [6, 6.07) is 12.0. The Balaban J connectivity index is 1.67. The van der Waals surface area contributed by atoms with Gasteiger partial charge in [-0.3, -0.25) is 4.79 Å². The van der Waals surface area contributed by atoms with Crippen LogP contribution in [0.4, 0.5) is 5.69 Å². The predicted octanol–water partition coefficient (Wildman–Crippen LogP) is 4.64. The molecule has 3 aromatic rings. The topological polar surface area (TPSA) is 60.5 Å². The Morgan fingerprint density at radius 1 is 1.28 bits per heavy atom. The summed E-state index contributed by atoms with van der Waals surface area (Å²) in [7, 11) is 1.54. The highest BCUT2D eigenvalue weighted by atomic mass is 35.5. The van der Waals surface area contributed by atoms with E-state index < -0.39 is 0 Å². The fourth-order valence-electron chi connectivity index (χ4n) is 2.14. The van der Waals surface area contributed by atoms with Crippen LogP contribution in [0.15, 0.2) is 53.4 Å². The maximum atomic E-state index is 12.4. The quantitative estimate of drug-likeness (QED) is 0.683. The molecule has 7 heteroatoms. The number of hydrogen-bond acceptors (Lipinski definition) is 5. The van der Waals surface area contributed by atoms with Crippen molar-refractivity contribution in [3.8, 4) is 11.5 Å². The van der Waals surface area contributed by atoms with Crippen molar-refractivity contribution in [2.24, 2.45) is 0 Å². The minimum absolute atomic E-state index is 0.250. The third kappa shape index (κ3) is 4.49.